The maximum Gasteiger partial charge on any atom is 0.254 e. The van der Waals surface area contributed by atoms with Gasteiger partial charge >= 0.3 is 0 Å². The zero-order valence-electron chi connectivity index (χ0n) is 17.7. The molecule has 1 aromatic carbocycles. The molecular formula is C22H30N5O2S+. The molecule has 30 heavy (non-hydrogen) atoms. The van der Waals surface area contributed by atoms with E-state index in [2.05, 4.69) is 16.1 Å². The summed E-state index contributed by atoms with van der Waals surface area (Å²) < 4.78 is 6.99. The summed E-state index contributed by atoms with van der Waals surface area (Å²) in [6, 6.07) is 7.80. The Labute approximate surface area is 181 Å². The lowest BCUT2D eigenvalue weighted by molar-refractivity contribution is -0.368. The van der Waals surface area contributed by atoms with E-state index in [1.807, 2.05) is 36.6 Å². The number of hydrogen-bond donors (Lipinski definition) is 2. The van der Waals surface area contributed by atoms with Gasteiger partial charge < -0.3 is 15.8 Å². The van der Waals surface area contributed by atoms with Crippen LogP contribution in [0.15, 0.2) is 35.8 Å². The molecule has 0 spiro atoms. The number of ether oxygens (including phenoxy) is 1. The van der Waals surface area contributed by atoms with Crippen molar-refractivity contribution in [2.45, 2.75) is 39.0 Å². The van der Waals surface area contributed by atoms with Crippen molar-refractivity contribution < 1.29 is 15.3 Å². The summed E-state index contributed by atoms with van der Waals surface area (Å²) in [5.74, 6) is 0.745. The minimum atomic E-state index is -0.0674. The maximum atomic E-state index is 12.6. The predicted octanol–water partition coefficient (Wildman–Crippen LogP) is 3.10. The van der Waals surface area contributed by atoms with Crippen LogP contribution in [0.2, 0.25) is 0 Å². The number of amides is 1. The van der Waals surface area contributed by atoms with Gasteiger partial charge in [-0.25, -0.2) is 9.67 Å². The molecule has 1 amide bonds. The predicted molar refractivity (Wildman–Crippen MR) is 119 cm³/mol. The Morgan fingerprint density at radius 1 is 1.20 bits per heavy atom. The molecule has 2 heterocycles. The van der Waals surface area contributed by atoms with E-state index in [4.69, 9.17) is 9.72 Å². The normalized spacial score (nSPS) is 10.9. The molecule has 3 aromatic rings. The first-order chi connectivity index (χ1) is 14.7. The van der Waals surface area contributed by atoms with Crippen LogP contribution in [0.25, 0.3) is 16.4 Å². The summed E-state index contributed by atoms with van der Waals surface area (Å²) in [6.07, 6.45) is 6.75. The minimum absolute atomic E-state index is 0.0674. The van der Waals surface area contributed by atoms with Gasteiger partial charge in [-0.2, -0.15) is 5.10 Å². The largest absolute Gasteiger partial charge is 0.497 e. The Morgan fingerprint density at radius 3 is 2.67 bits per heavy atom. The van der Waals surface area contributed by atoms with Gasteiger partial charge in [-0.15, -0.1) is 11.3 Å². The number of carbonyl (C=O) groups is 1. The van der Waals surface area contributed by atoms with E-state index < -0.39 is 0 Å². The quantitative estimate of drug-likeness (QED) is 0.459. The second-order valence-corrected chi connectivity index (χ2v) is 7.87. The smallest absolute Gasteiger partial charge is 0.254 e. The molecule has 3 rings (SSSR count). The summed E-state index contributed by atoms with van der Waals surface area (Å²) in [5.41, 5.74) is 7.24. The number of thiazole rings is 1. The molecule has 0 fully saturated rings. The van der Waals surface area contributed by atoms with E-state index >= 15 is 0 Å². The van der Waals surface area contributed by atoms with Crippen LogP contribution in [-0.4, -0.2) is 40.9 Å². The number of carbonyl (C=O) groups excluding carboxylic acids is 1. The van der Waals surface area contributed by atoms with E-state index in [-0.39, 0.29) is 5.91 Å². The average molecular weight is 429 g/mol. The molecule has 0 aliphatic rings. The summed E-state index contributed by atoms with van der Waals surface area (Å²) in [6.45, 7) is 3.69. The van der Waals surface area contributed by atoms with Gasteiger partial charge in [0.2, 0.25) is 5.13 Å². The van der Waals surface area contributed by atoms with Crippen molar-refractivity contribution in [3.8, 4) is 22.1 Å². The van der Waals surface area contributed by atoms with Crippen molar-refractivity contribution in [3.63, 3.8) is 0 Å². The monoisotopic (exact) mass is 428 g/mol. The Kier molecular flexibility index (Phi) is 7.98. The maximum absolute atomic E-state index is 12.6. The van der Waals surface area contributed by atoms with E-state index in [1.54, 1.807) is 18.0 Å². The number of quaternary nitrogens is 1. The van der Waals surface area contributed by atoms with Gasteiger partial charge in [0.15, 0.2) is 0 Å². The number of aromatic nitrogens is 3. The van der Waals surface area contributed by atoms with E-state index in [1.165, 1.54) is 11.3 Å². The zero-order chi connectivity index (χ0) is 21.3. The molecular weight excluding hydrogens is 398 g/mol. The third-order valence-electron chi connectivity index (χ3n) is 4.97. The third kappa shape index (κ3) is 5.25. The van der Waals surface area contributed by atoms with Crippen molar-refractivity contribution in [1.29, 1.82) is 0 Å². The van der Waals surface area contributed by atoms with Crippen LogP contribution in [0.4, 0.5) is 0 Å². The first-order valence-corrected chi connectivity index (χ1v) is 11.3. The molecule has 0 aliphatic heterocycles. The molecule has 7 nitrogen and oxygen atoms in total. The lowest BCUT2D eigenvalue weighted by Gasteiger charge is -2.07. The average Bonchev–Trinajstić information content (AvgIpc) is 3.43. The number of benzene rings is 1. The van der Waals surface area contributed by atoms with Crippen molar-refractivity contribution in [2.24, 2.45) is 0 Å². The van der Waals surface area contributed by atoms with Gasteiger partial charge in [0.05, 0.1) is 36.8 Å². The first kappa shape index (κ1) is 22.0. The number of rotatable bonds is 11. The molecule has 160 valence electrons. The Hall–Kier alpha value is -2.71. The fraction of sp³-hybridized carbons (Fsp3) is 0.409. The summed E-state index contributed by atoms with van der Waals surface area (Å²) >= 11 is 1.51. The van der Waals surface area contributed by atoms with Gasteiger partial charge in [0.1, 0.15) is 5.75 Å². The number of hydrogen-bond acceptors (Lipinski definition) is 5. The molecule has 0 aliphatic carbocycles. The first-order valence-electron chi connectivity index (χ1n) is 10.4. The lowest BCUT2D eigenvalue weighted by Crippen LogP contribution is -2.50. The molecule has 0 radical (unpaired) electrons. The van der Waals surface area contributed by atoms with Gasteiger partial charge in [-0.1, -0.05) is 13.3 Å². The van der Waals surface area contributed by atoms with E-state index in [0.717, 1.165) is 60.1 Å². The molecule has 0 unspecified atom stereocenters. The van der Waals surface area contributed by atoms with Crippen LogP contribution in [0.3, 0.4) is 0 Å². The SMILES string of the molecule is CCc1c(C(=O)NCCCCCC[NH3+])cnn1-c1nc(-c2ccc(OC)cc2)cs1. The highest BCUT2D eigenvalue weighted by Gasteiger charge is 2.18. The molecule has 4 N–H and O–H groups in total. The fourth-order valence-corrected chi connectivity index (χ4v) is 4.09. The van der Waals surface area contributed by atoms with Gasteiger partial charge in [-0.3, -0.25) is 4.79 Å². The highest BCUT2D eigenvalue weighted by molar-refractivity contribution is 7.12. The highest BCUT2D eigenvalue weighted by Crippen LogP contribution is 2.27. The van der Waals surface area contributed by atoms with Gasteiger partial charge in [-0.05, 0) is 49.9 Å². The minimum Gasteiger partial charge on any atom is -0.497 e. The fourth-order valence-electron chi connectivity index (χ4n) is 3.28. The Bertz CT molecular complexity index is 949. The molecule has 0 bridgehead atoms. The summed E-state index contributed by atoms with van der Waals surface area (Å²) in [4.78, 5) is 17.4. The summed E-state index contributed by atoms with van der Waals surface area (Å²) in [5, 5.41) is 10.2. The second-order valence-electron chi connectivity index (χ2n) is 7.04. The second kappa shape index (κ2) is 10.9. The Morgan fingerprint density at radius 2 is 1.97 bits per heavy atom. The molecule has 8 heteroatoms. The van der Waals surface area contributed by atoms with Gasteiger partial charge in [0.25, 0.3) is 5.91 Å². The lowest BCUT2D eigenvalue weighted by atomic mass is 10.1. The number of nitrogens with one attached hydrogen (secondary N) is 1. The van der Waals surface area contributed by atoms with Crippen LogP contribution < -0.4 is 15.8 Å². The molecule has 0 atom stereocenters. The van der Waals surface area contributed by atoms with Crippen molar-refractivity contribution in [1.82, 2.24) is 20.1 Å². The third-order valence-corrected chi connectivity index (χ3v) is 5.79. The van der Waals surface area contributed by atoms with Crippen molar-refractivity contribution >= 4 is 17.2 Å². The van der Waals surface area contributed by atoms with Crippen LogP contribution >= 0.6 is 11.3 Å². The number of methoxy groups -OCH3 is 1. The van der Waals surface area contributed by atoms with E-state index in [0.29, 0.717) is 18.5 Å². The topological polar surface area (TPSA) is 96.7 Å². The van der Waals surface area contributed by atoms with E-state index in [9.17, 15) is 4.79 Å². The van der Waals surface area contributed by atoms with Gasteiger partial charge in [0, 0.05) is 17.5 Å². The molecule has 0 saturated heterocycles. The van der Waals surface area contributed by atoms with Crippen molar-refractivity contribution in [3.05, 3.63) is 47.1 Å². The number of nitrogens with zero attached hydrogens (tertiary/aromatic N) is 3. The highest BCUT2D eigenvalue weighted by atomic mass is 32.1. The Balaban J connectivity index is 1.69. The number of unbranched alkanes of at least 4 members (excludes halogenated alkanes) is 3. The molecule has 0 saturated carbocycles. The van der Waals surface area contributed by atoms with Crippen LogP contribution in [0, 0.1) is 0 Å². The van der Waals surface area contributed by atoms with Crippen LogP contribution in [0.5, 0.6) is 5.75 Å². The summed E-state index contributed by atoms with van der Waals surface area (Å²) in [7, 11) is 1.65. The standard InChI is InChI=1S/C22H29N5O2S/c1-3-20-18(21(28)24-13-7-5-4-6-12-23)14-25-27(20)22-26-19(15-30-22)16-8-10-17(29-2)11-9-16/h8-11,14-15H,3-7,12-13,23H2,1-2H3,(H,24,28)/p+1. The van der Waals surface area contributed by atoms with Crippen LogP contribution in [0.1, 0.15) is 48.7 Å². The zero-order valence-corrected chi connectivity index (χ0v) is 18.5. The van der Waals surface area contributed by atoms with Crippen molar-refractivity contribution in [2.75, 3.05) is 20.2 Å². The van der Waals surface area contributed by atoms with Crippen LogP contribution in [-0.2, 0) is 6.42 Å². The molecule has 2 aromatic heterocycles.